The molecule has 1 aliphatic heterocycles. The van der Waals surface area contributed by atoms with Crippen LogP contribution in [0, 0.1) is 0 Å². The Morgan fingerprint density at radius 3 is 2.91 bits per heavy atom. The maximum Gasteiger partial charge on any atom is 0.0646 e. The lowest BCUT2D eigenvalue weighted by molar-refractivity contribution is 0.173. The van der Waals surface area contributed by atoms with E-state index < -0.39 is 0 Å². The molecule has 0 aromatic heterocycles. The van der Waals surface area contributed by atoms with Crippen molar-refractivity contribution in [2.75, 3.05) is 19.8 Å². The molecule has 0 bridgehead atoms. The highest BCUT2D eigenvalue weighted by Gasteiger charge is 2.28. The summed E-state index contributed by atoms with van der Waals surface area (Å²) in [4.78, 5) is 0. The Morgan fingerprint density at radius 2 is 2.45 bits per heavy atom. The van der Waals surface area contributed by atoms with Gasteiger partial charge in [-0.3, -0.25) is 0 Å². The van der Waals surface area contributed by atoms with E-state index in [0.717, 1.165) is 26.2 Å². The predicted molar refractivity (Wildman–Crippen MR) is 46.7 cm³/mol. The monoisotopic (exact) mass is 155 g/mol. The van der Waals surface area contributed by atoms with Gasteiger partial charge in [0.25, 0.3) is 0 Å². The molecule has 0 aliphatic carbocycles. The van der Waals surface area contributed by atoms with E-state index in [1.54, 1.807) is 0 Å². The van der Waals surface area contributed by atoms with Crippen LogP contribution in [0.25, 0.3) is 0 Å². The van der Waals surface area contributed by atoms with Crippen LogP contribution >= 0.6 is 0 Å². The third-order valence-corrected chi connectivity index (χ3v) is 2.04. The second kappa shape index (κ2) is 3.37. The van der Waals surface area contributed by atoms with Crippen molar-refractivity contribution in [2.24, 2.45) is 0 Å². The summed E-state index contributed by atoms with van der Waals surface area (Å²) in [5.74, 6) is 0. The van der Waals surface area contributed by atoms with E-state index in [0.29, 0.717) is 0 Å². The van der Waals surface area contributed by atoms with Gasteiger partial charge < -0.3 is 10.1 Å². The minimum Gasteiger partial charge on any atom is -0.379 e. The van der Waals surface area contributed by atoms with Gasteiger partial charge in [-0.25, -0.2) is 0 Å². The number of rotatable bonds is 3. The zero-order chi connectivity index (χ0) is 8.32. The topological polar surface area (TPSA) is 21.3 Å². The highest BCUT2D eigenvalue weighted by molar-refractivity contribution is 4.96. The molecule has 0 amide bonds. The summed E-state index contributed by atoms with van der Waals surface area (Å²) in [5, 5.41) is 3.43. The zero-order valence-corrected chi connectivity index (χ0v) is 7.44. The predicted octanol–water partition coefficient (Wildman–Crippen LogP) is 1.33. The van der Waals surface area contributed by atoms with Gasteiger partial charge in [-0.15, -0.1) is 0 Å². The standard InChI is InChI=1S/C9H17NO/c1-8(2)6-10-9(3)4-5-11-7-9/h10H,1,4-7H2,2-3H3. The van der Waals surface area contributed by atoms with Crippen LogP contribution in [0.15, 0.2) is 12.2 Å². The SMILES string of the molecule is C=C(C)CNC1(C)CCOC1. The van der Waals surface area contributed by atoms with Gasteiger partial charge >= 0.3 is 0 Å². The number of hydrogen-bond acceptors (Lipinski definition) is 2. The fraction of sp³-hybridized carbons (Fsp3) is 0.778. The average Bonchev–Trinajstić information content (AvgIpc) is 2.33. The van der Waals surface area contributed by atoms with Crippen LogP contribution in [0.1, 0.15) is 20.3 Å². The van der Waals surface area contributed by atoms with E-state index >= 15 is 0 Å². The van der Waals surface area contributed by atoms with Crippen LogP contribution in [0.5, 0.6) is 0 Å². The maximum absolute atomic E-state index is 5.30. The molecule has 11 heavy (non-hydrogen) atoms. The van der Waals surface area contributed by atoms with Crippen molar-refractivity contribution in [2.45, 2.75) is 25.8 Å². The van der Waals surface area contributed by atoms with Crippen LogP contribution in [0.3, 0.4) is 0 Å². The van der Waals surface area contributed by atoms with E-state index in [-0.39, 0.29) is 5.54 Å². The van der Waals surface area contributed by atoms with Crippen LogP contribution in [-0.2, 0) is 4.74 Å². The summed E-state index contributed by atoms with van der Waals surface area (Å²) >= 11 is 0. The molecule has 1 atom stereocenters. The van der Waals surface area contributed by atoms with Crippen molar-refractivity contribution >= 4 is 0 Å². The zero-order valence-electron chi connectivity index (χ0n) is 7.44. The molecule has 0 spiro atoms. The van der Waals surface area contributed by atoms with Crippen molar-refractivity contribution in [3.8, 4) is 0 Å². The largest absolute Gasteiger partial charge is 0.379 e. The Balaban J connectivity index is 2.28. The first-order valence-electron chi connectivity index (χ1n) is 4.10. The fourth-order valence-electron chi connectivity index (χ4n) is 1.17. The average molecular weight is 155 g/mol. The fourth-order valence-corrected chi connectivity index (χ4v) is 1.17. The van der Waals surface area contributed by atoms with E-state index in [1.807, 2.05) is 6.92 Å². The smallest absolute Gasteiger partial charge is 0.0646 e. The highest BCUT2D eigenvalue weighted by atomic mass is 16.5. The molecule has 64 valence electrons. The molecule has 1 unspecified atom stereocenters. The summed E-state index contributed by atoms with van der Waals surface area (Å²) in [5.41, 5.74) is 1.37. The van der Waals surface area contributed by atoms with Gasteiger partial charge in [-0.05, 0) is 20.3 Å². The first-order chi connectivity index (χ1) is 5.12. The number of hydrogen-bond donors (Lipinski definition) is 1. The molecule has 0 saturated carbocycles. The van der Waals surface area contributed by atoms with Gasteiger partial charge in [-0.2, -0.15) is 0 Å². The Bertz CT molecular complexity index is 148. The van der Waals surface area contributed by atoms with Gasteiger partial charge in [0.05, 0.1) is 6.61 Å². The second-order valence-corrected chi connectivity index (χ2v) is 3.67. The molecule has 1 rings (SSSR count). The molecule has 1 fully saturated rings. The van der Waals surface area contributed by atoms with Gasteiger partial charge in [0, 0.05) is 18.7 Å². The molecule has 1 N–H and O–H groups in total. The lowest BCUT2D eigenvalue weighted by Gasteiger charge is -2.23. The Labute approximate surface area is 68.6 Å². The summed E-state index contributed by atoms with van der Waals surface area (Å²) in [6.45, 7) is 10.7. The van der Waals surface area contributed by atoms with Crippen LogP contribution in [0.2, 0.25) is 0 Å². The molecule has 1 heterocycles. The highest BCUT2D eigenvalue weighted by Crippen LogP contribution is 2.17. The summed E-state index contributed by atoms with van der Waals surface area (Å²) < 4.78 is 5.30. The van der Waals surface area contributed by atoms with Gasteiger partial charge in [-0.1, -0.05) is 12.2 Å². The van der Waals surface area contributed by atoms with Crippen molar-refractivity contribution in [1.82, 2.24) is 5.32 Å². The first kappa shape index (κ1) is 8.75. The molecule has 0 radical (unpaired) electrons. The summed E-state index contributed by atoms with van der Waals surface area (Å²) in [6.07, 6.45) is 1.11. The summed E-state index contributed by atoms with van der Waals surface area (Å²) in [6, 6.07) is 0. The number of nitrogens with one attached hydrogen (secondary N) is 1. The Hall–Kier alpha value is -0.340. The lowest BCUT2D eigenvalue weighted by Crippen LogP contribution is -2.43. The van der Waals surface area contributed by atoms with Gasteiger partial charge in [0.15, 0.2) is 0 Å². The van der Waals surface area contributed by atoms with Crippen molar-refractivity contribution < 1.29 is 4.74 Å². The van der Waals surface area contributed by atoms with Crippen LogP contribution in [-0.4, -0.2) is 25.3 Å². The molecule has 2 heteroatoms. The summed E-state index contributed by atoms with van der Waals surface area (Å²) in [7, 11) is 0. The van der Waals surface area contributed by atoms with Gasteiger partial charge in [0.1, 0.15) is 0 Å². The molecule has 0 aromatic carbocycles. The first-order valence-corrected chi connectivity index (χ1v) is 4.10. The molecular weight excluding hydrogens is 138 g/mol. The van der Waals surface area contributed by atoms with Crippen molar-refractivity contribution in [1.29, 1.82) is 0 Å². The normalized spacial score (nSPS) is 30.7. The third kappa shape index (κ3) is 2.64. The lowest BCUT2D eigenvalue weighted by atomic mass is 10.0. The van der Waals surface area contributed by atoms with Crippen LogP contribution < -0.4 is 5.32 Å². The molecular formula is C9H17NO. The van der Waals surface area contributed by atoms with Crippen molar-refractivity contribution in [3.05, 3.63) is 12.2 Å². The van der Waals surface area contributed by atoms with E-state index in [4.69, 9.17) is 4.74 Å². The van der Waals surface area contributed by atoms with E-state index in [1.165, 1.54) is 5.57 Å². The maximum atomic E-state index is 5.30. The minimum absolute atomic E-state index is 0.193. The third-order valence-electron chi connectivity index (χ3n) is 2.04. The second-order valence-electron chi connectivity index (χ2n) is 3.67. The quantitative estimate of drug-likeness (QED) is 0.621. The van der Waals surface area contributed by atoms with Crippen molar-refractivity contribution in [3.63, 3.8) is 0 Å². The van der Waals surface area contributed by atoms with Crippen LogP contribution in [0.4, 0.5) is 0 Å². The Kier molecular flexibility index (Phi) is 2.68. The molecule has 1 saturated heterocycles. The Morgan fingerprint density at radius 1 is 1.73 bits per heavy atom. The minimum atomic E-state index is 0.193. The molecule has 0 aromatic rings. The number of ether oxygens (including phenoxy) is 1. The molecule has 2 nitrogen and oxygen atoms in total. The van der Waals surface area contributed by atoms with Gasteiger partial charge in [0.2, 0.25) is 0 Å². The van der Waals surface area contributed by atoms with E-state index in [2.05, 4.69) is 18.8 Å². The molecule has 1 aliphatic rings. The van der Waals surface area contributed by atoms with E-state index in [9.17, 15) is 0 Å².